The van der Waals surface area contributed by atoms with E-state index in [0.717, 1.165) is 5.56 Å². The zero-order valence-corrected chi connectivity index (χ0v) is 12.3. The van der Waals surface area contributed by atoms with Crippen molar-refractivity contribution in [2.24, 2.45) is 0 Å². The zero-order chi connectivity index (χ0) is 15.9. The number of carboxylic acids is 1. The molecule has 1 aromatic carbocycles. The molecule has 1 aromatic heterocycles. The number of aromatic nitrogens is 3. The Hall–Kier alpha value is -2.70. The van der Waals surface area contributed by atoms with Gasteiger partial charge in [-0.2, -0.15) is 5.10 Å². The minimum atomic E-state index is -1.02. The molecule has 1 atom stereocenters. The number of carbonyl (C=O) groups is 2. The first-order valence-corrected chi connectivity index (χ1v) is 7.05. The Bertz CT molecular complexity index is 640. The van der Waals surface area contributed by atoms with Gasteiger partial charge in [0.05, 0.1) is 6.54 Å². The SMILES string of the molecule is CCCC(NC(=O)c1ccccc1Cn1cncn1)C(=O)O. The molecule has 0 radical (unpaired) electrons. The third-order valence-electron chi connectivity index (χ3n) is 3.24. The van der Waals surface area contributed by atoms with E-state index in [0.29, 0.717) is 24.9 Å². The monoisotopic (exact) mass is 302 g/mol. The van der Waals surface area contributed by atoms with E-state index in [9.17, 15) is 9.59 Å². The molecule has 7 heteroatoms. The van der Waals surface area contributed by atoms with Gasteiger partial charge in [0.15, 0.2) is 0 Å². The van der Waals surface area contributed by atoms with Crippen LogP contribution < -0.4 is 5.32 Å². The largest absolute Gasteiger partial charge is 0.480 e. The van der Waals surface area contributed by atoms with Crippen LogP contribution in [0.15, 0.2) is 36.9 Å². The molecule has 7 nitrogen and oxygen atoms in total. The molecule has 2 aromatic rings. The maximum Gasteiger partial charge on any atom is 0.326 e. The highest BCUT2D eigenvalue weighted by molar-refractivity contribution is 5.97. The number of rotatable bonds is 7. The van der Waals surface area contributed by atoms with E-state index in [-0.39, 0.29) is 0 Å². The highest BCUT2D eigenvalue weighted by atomic mass is 16.4. The number of hydrogen-bond acceptors (Lipinski definition) is 4. The van der Waals surface area contributed by atoms with Crippen molar-refractivity contribution < 1.29 is 14.7 Å². The second-order valence-corrected chi connectivity index (χ2v) is 4.90. The lowest BCUT2D eigenvalue weighted by molar-refractivity contribution is -0.139. The molecule has 0 aliphatic heterocycles. The Morgan fingerprint density at radius 3 is 2.77 bits per heavy atom. The molecule has 1 heterocycles. The van der Waals surface area contributed by atoms with E-state index in [1.807, 2.05) is 19.1 Å². The molecule has 0 spiro atoms. The molecule has 0 aliphatic carbocycles. The predicted molar refractivity (Wildman–Crippen MR) is 79.4 cm³/mol. The molecule has 2 rings (SSSR count). The van der Waals surface area contributed by atoms with Crippen LogP contribution in [0, 0.1) is 0 Å². The summed E-state index contributed by atoms with van der Waals surface area (Å²) in [5, 5.41) is 15.7. The summed E-state index contributed by atoms with van der Waals surface area (Å²) in [5.41, 5.74) is 1.20. The minimum Gasteiger partial charge on any atom is -0.480 e. The predicted octanol–water partition coefficient (Wildman–Crippen LogP) is 1.31. The normalized spacial score (nSPS) is 11.9. The average molecular weight is 302 g/mol. The van der Waals surface area contributed by atoms with E-state index < -0.39 is 17.9 Å². The smallest absolute Gasteiger partial charge is 0.326 e. The fourth-order valence-corrected chi connectivity index (χ4v) is 2.15. The Kier molecular flexibility index (Phi) is 5.24. The molecule has 0 saturated heterocycles. The zero-order valence-electron chi connectivity index (χ0n) is 12.3. The second-order valence-electron chi connectivity index (χ2n) is 4.90. The quantitative estimate of drug-likeness (QED) is 0.803. The van der Waals surface area contributed by atoms with Crippen LogP contribution in [0.3, 0.4) is 0 Å². The van der Waals surface area contributed by atoms with Gasteiger partial charge in [0.25, 0.3) is 5.91 Å². The summed E-state index contributed by atoms with van der Waals surface area (Å²) in [5.74, 6) is -1.42. The first-order chi connectivity index (χ1) is 10.6. The maximum atomic E-state index is 12.4. The average Bonchev–Trinajstić information content (AvgIpc) is 3.00. The van der Waals surface area contributed by atoms with Crippen LogP contribution in [-0.4, -0.2) is 37.8 Å². The number of amides is 1. The van der Waals surface area contributed by atoms with Crippen molar-refractivity contribution in [2.45, 2.75) is 32.4 Å². The molecule has 0 aliphatic rings. The molecule has 1 unspecified atom stereocenters. The van der Waals surface area contributed by atoms with Crippen molar-refractivity contribution in [1.29, 1.82) is 0 Å². The summed E-state index contributed by atoms with van der Waals surface area (Å²) in [6.45, 7) is 2.27. The Morgan fingerprint density at radius 1 is 1.36 bits per heavy atom. The van der Waals surface area contributed by atoms with Gasteiger partial charge in [-0.25, -0.2) is 14.5 Å². The van der Waals surface area contributed by atoms with Crippen molar-refractivity contribution in [2.75, 3.05) is 0 Å². The van der Waals surface area contributed by atoms with Crippen LogP contribution in [-0.2, 0) is 11.3 Å². The van der Waals surface area contributed by atoms with Gasteiger partial charge in [-0.1, -0.05) is 31.5 Å². The van der Waals surface area contributed by atoms with Gasteiger partial charge in [0, 0.05) is 5.56 Å². The van der Waals surface area contributed by atoms with Gasteiger partial charge in [-0.3, -0.25) is 4.79 Å². The summed E-state index contributed by atoms with van der Waals surface area (Å²) >= 11 is 0. The fraction of sp³-hybridized carbons (Fsp3) is 0.333. The number of nitrogens with zero attached hydrogens (tertiary/aromatic N) is 3. The molecule has 2 N–H and O–H groups in total. The molecule has 0 fully saturated rings. The van der Waals surface area contributed by atoms with E-state index in [2.05, 4.69) is 15.4 Å². The number of hydrogen-bond donors (Lipinski definition) is 2. The third kappa shape index (κ3) is 3.91. The number of nitrogens with one attached hydrogen (secondary N) is 1. The van der Waals surface area contributed by atoms with Crippen LogP contribution in [0.25, 0.3) is 0 Å². The summed E-state index contributed by atoms with van der Waals surface area (Å²) in [6.07, 6.45) is 4.06. The van der Waals surface area contributed by atoms with Gasteiger partial charge < -0.3 is 10.4 Å². The standard InChI is InChI=1S/C15H18N4O3/c1-2-5-13(15(21)22)18-14(20)12-7-4-3-6-11(12)8-19-10-16-9-17-19/h3-4,6-7,9-10,13H,2,5,8H2,1H3,(H,18,20)(H,21,22). The number of benzene rings is 1. The lowest BCUT2D eigenvalue weighted by Gasteiger charge is -2.15. The summed E-state index contributed by atoms with van der Waals surface area (Å²) in [7, 11) is 0. The van der Waals surface area contributed by atoms with Crippen LogP contribution >= 0.6 is 0 Å². The molecular formula is C15H18N4O3. The lowest BCUT2D eigenvalue weighted by Crippen LogP contribution is -2.41. The van der Waals surface area contributed by atoms with E-state index in [1.54, 1.807) is 23.1 Å². The summed E-state index contributed by atoms with van der Waals surface area (Å²) < 4.78 is 1.60. The molecule has 1 amide bonds. The van der Waals surface area contributed by atoms with Crippen molar-refractivity contribution in [3.05, 3.63) is 48.0 Å². The number of aliphatic carboxylic acids is 1. The summed E-state index contributed by atoms with van der Waals surface area (Å²) in [4.78, 5) is 27.4. The molecule has 0 saturated carbocycles. The van der Waals surface area contributed by atoms with Gasteiger partial charge >= 0.3 is 5.97 Å². The lowest BCUT2D eigenvalue weighted by atomic mass is 10.1. The molecule has 116 valence electrons. The fourth-order valence-electron chi connectivity index (χ4n) is 2.15. The van der Waals surface area contributed by atoms with Crippen molar-refractivity contribution >= 4 is 11.9 Å². The Labute approximate surface area is 128 Å². The van der Waals surface area contributed by atoms with E-state index >= 15 is 0 Å². The first-order valence-electron chi connectivity index (χ1n) is 7.05. The second kappa shape index (κ2) is 7.35. The third-order valence-corrected chi connectivity index (χ3v) is 3.24. The van der Waals surface area contributed by atoms with Crippen LogP contribution in [0.4, 0.5) is 0 Å². The van der Waals surface area contributed by atoms with Crippen molar-refractivity contribution in [1.82, 2.24) is 20.1 Å². The Morgan fingerprint density at radius 2 is 2.14 bits per heavy atom. The Balaban J connectivity index is 2.17. The minimum absolute atomic E-state index is 0.392. The van der Waals surface area contributed by atoms with Crippen LogP contribution in [0.5, 0.6) is 0 Å². The first kappa shape index (κ1) is 15.7. The molecule has 0 bridgehead atoms. The number of carbonyl (C=O) groups excluding carboxylic acids is 1. The molecular weight excluding hydrogens is 284 g/mol. The van der Waals surface area contributed by atoms with E-state index in [4.69, 9.17) is 5.11 Å². The van der Waals surface area contributed by atoms with Crippen LogP contribution in [0.2, 0.25) is 0 Å². The molecule has 22 heavy (non-hydrogen) atoms. The van der Waals surface area contributed by atoms with Crippen LogP contribution in [0.1, 0.15) is 35.7 Å². The summed E-state index contributed by atoms with van der Waals surface area (Å²) in [6, 6.07) is 6.18. The topological polar surface area (TPSA) is 97.1 Å². The number of carboxylic acid groups (broad SMARTS) is 1. The van der Waals surface area contributed by atoms with Gasteiger partial charge in [-0.15, -0.1) is 0 Å². The highest BCUT2D eigenvalue weighted by Gasteiger charge is 2.21. The maximum absolute atomic E-state index is 12.4. The van der Waals surface area contributed by atoms with Gasteiger partial charge in [0.2, 0.25) is 0 Å². The van der Waals surface area contributed by atoms with Crippen molar-refractivity contribution in [3.63, 3.8) is 0 Å². The van der Waals surface area contributed by atoms with Gasteiger partial charge in [-0.05, 0) is 18.1 Å². The highest BCUT2D eigenvalue weighted by Crippen LogP contribution is 2.11. The van der Waals surface area contributed by atoms with Gasteiger partial charge in [0.1, 0.15) is 18.7 Å². The van der Waals surface area contributed by atoms with E-state index in [1.165, 1.54) is 6.33 Å². The van der Waals surface area contributed by atoms with Crippen molar-refractivity contribution in [3.8, 4) is 0 Å².